The average Bonchev–Trinajstić information content (AvgIpc) is 3.20. The van der Waals surface area contributed by atoms with Gasteiger partial charge in [-0.3, -0.25) is 0 Å². The predicted octanol–water partition coefficient (Wildman–Crippen LogP) is 7.86. The van der Waals surface area contributed by atoms with Crippen molar-refractivity contribution < 1.29 is 20.8 Å². The van der Waals surface area contributed by atoms with Crippen LogP contribution in [0.3, 0.4) is 0 Å². The van der Waals surface area contributed by atoms with Crippen molar-refractivity contribution in [3.05, 3.63) is 60.4 Å². The van der Waals surface area contributed by atoms with E-state index >= 15 is 0 Å². The zero-order chi connectivity index (χ0) is 20.7. The molecule has 2 saturated carbocycles. The molecule has 150 valence electrons. The molecule has 0 N–H and O–H groups in total. The molecule has 2 saturated heterocycles. The first-order chi connectivity index (χ1) is 13.0. The summed E-state index contributed by atoms with van der Waals surface area (Å²) in [6.07, 6.45) is 15.8. The van der Waals surface area contributed by atoms with Crippen molar-refractivity contribution in [2.45, 2.75) is 79.3 Å². The molecular weight excluding hydrogens is 478 g/mol. The standard InChI is InChI=1S/C24H34Si.2ClH.Zr/c1-23(2,3)19-13-17-9-7-11-25(21(17)15-19)12-8-10-18-14-20(16-22(18)25)24(4,5)6;;;/h13-16H,7-12H2,1-6H3;2*1H;/q;;;+4/p-2. The number of halogens is 2. The normalized spacial score (nSPS) is 28.0. The van der Waals surface area contributed by atoms with Crippen molar-refractivity contribution in [1.82, 2.24) is 0 Å². The van der Waals surface area contributed by atoms with Crippen LogP contribution < -0.4 is 0 Å². The molecule has 2 aliphatic carbocycles. The molecule has 2 aliphatic heterocycles. The van der Waals surface area contributed by atoms with E-state index in [0.29, 0.717) is 0 Å². The van der Waals surface area contributed by atoms with Crippen molar-refractivity contribution in [3.8, 4) is 0 Å². The fourth-order valence-electron chi connectivity index (χ4n) is 5.25. The quantitative estimate of drug-likeness (QED) is 0.290. The third kappa shape index (κ3) is 4.86. The second-order valence-electron chi connectivity index (χ2n) is 10.7. The minimum absolute atomic E-state index is 0.271. The Balaban J connectivity index is 0.000000706. The van der Waals surface area contributed by atoms with Gasteiger partial charge in [0.1, 0.15) is 0 Å². The monoisotopic (exact) mass is 510 g/mol. The van der Waals surface area contributed by atoms with Crippen molar-refractivity contribution in [2.75, 3.05) is 0 Å². The summed E-state index contributed by atoms with van der Waals surface area (Å²) in [7, 11) is 8.34. The van der Waals surface area contributed by atoms with E-state index in [0.717, 1.165) is 0 Å². The molecule has 0 amide bonds. The number of fused-ring (bicyclic) bond motifs is 4. The van der Waals surface area contributed by atoms with Crippen molar-refractivity contribution in [1.29, 1.82) is 0 Å². The SMILES string of the molecule is CC(C)(C)[C]1[CH][C]2CCC[Si]3(CCC[C]4[CH][C](C(C)(C)C)[CH][C]43)[C]2[CH]1.[Cl][Zr+2][Cl]. The van der Waals surface area contributed by atoms with E-state index in [1.807, 2.05) is 11.1 Å². The fourth-order valence-corrected chi connectivity index (χ4v) is 10.9. The molecule has 0 aromatic carbocycles. The van der Waals surface area contributed by atoms with Crippen LogP contribution in [0.15, 0.2) is 0 Å². The van der Waals surface area contributed by atoms with Crippen LogP contribution in [0, 0.1) is 71.3 Å². The van der Waals surface area contributed by atoms with Crippen LogP contribution in [0.5, 0.6) is 0 Å². The molecule has 4 fully saturated rings. The molecule has 0 atom stereocenters. The number of hydrogen-bond donors (Lipinski definition) is 0. The zero-order valence-corrected chi connectivity index (χ0v) is 23.3. The van der Waals surface area contributed by atoms with E-state index in [1.165, 1.54) is 37.8 Å². The Hall–Kier alpha value is 1.68. The summed E-state index contributed by atoms with van der Waals surface area (Å²) in [6, 6.07) is 2.96. The molecule has 0 aromatic rings. The summed E-state index contributed by atoms with van der Waals surface area (Å²) >= 11 is -0.826. The van der Waals surface area contributed by atoms with E-state index in [1.54, 1.807) is 23.7 Å². The summed E-state index contributed by atoms with van der Waals surface area (Å²) in [5.74, 6) is 6.55. The molecule has 10 radical (unpaired) electrons. The Morgan fingerprint density at radius 1 is 0.714 bits per heavy atom. The molecule has 4 aliphatic rings. The van der Waals surface area contributed by atoms with Crippen LogP contribution in [0.2, 0.25) is 12.1 Å². The molecule has 0 nitrogen and oxygen atoms in total. The predicted molar refractivity (Wildman–Crippen MR) is 121 cm³/mol. The van der Waals surface area contributed by atoms with Gasteiger partial charge in [-0.25, -0.2) is 0 Å². The van der Waals surface area contributed by atoms with Gasteiger partial charge in [0.15, 0.2) is 0 Å². The molecular formula is C24H34Cl2SiZr+2. The number of hydrogen-bond acceptors (Lipinski definition) is 0. The Labute approximate surface area is 195 Å². The van der Waals surface area contributed by atoms with Gasteiger partial charge < -0.3 is 0 Å². The molecule has 0 unspecified atom stereocenters. The van der Waals surface area contributed by atoms with E-state index in [9.17, 15) is 0 Å². The van der Waals surface area contributed by atoms with Gasteiger partial charge in [0.25, 0.3) is 0 Å². The van der Waals surface area contributed by atoms with Crippen LogP contribution in [0.25, 0.3) is 0 Å². The van der Waals surface area contributed by atoms with Gasteiger partial charge in [-0.05, 0) is 84.1 Å². The minimum atomic E-state index is -1.53. The van der Waals surface area contributed by atoms with E-state index in [-0.39, 0.29) is 10.8 Å². The van der Waals surface area contributed by atoms with Gasteiger partial charge >= 0.3 is 37.9 Å². The molecule has 0 bridgehead atoms. The summed E-state index contributed by atoms with van der Waals surface area (Å²) in [6.45, 7) is 14.2. The van der Waals surface area contributed by atoms with Gasteiger partial charge in [0.05, 0.1) is 8.07 Å². The van der Waals surface area contributed by atoms with E-state index in [2.05, 4.69) is 67.2 Å². The average molecular weight is 513 g/mol. The van der Waals surface area contributed by atoms with Gasteiger partial charge in [-0.2, -0.15) is 0 Å². The molecule has 4 heteroatoms. The first-order valence-electron chi connectivity index (χ1n) is 10.6. The Morgan fingerprint density at radius 3 is 1.39 bits per heavy atom. The maximum atomic E-state index is 4.93. The first-order valence-corrected chi connectivity index (χ1v) is 19.3. The van der Waals surface area contributed by atoms with E-state index < -0.39 is 28.9 Å². The summed E-state index contributed by atoms with van der Waals surface area (Å²) in [5.41, 5.74) is 4.17. The van der Waals surface area contributed by atoms with Crippen LogP contribution in [-0.2, 0) is 20.8 Å². The van der Waals surface area contributed by atoms with Crippen LogP contribution in [0.1, 0.15) is 67.2 Å². The van der Waals surface area contributed by atoms with Crippen LogP contribution in [0.4, 0.5) is 0 Å². The molecule has 2 heterocycles. The zero-order valence-electron chi connectivity index (χ0n) is 18.3. The van der Waals surface area contributed by atoms with Gasteiger partial charge in [0, 0.05) is 0 Å². The Bertz CT molecular complexity index is 478. The van der Waals surface area contributed by atoms with Crippen LogP contribution in [-0.4, -0.2) is 8.07 Å². The molecule has 0 aromatic heterocycles. The summed E-state index contributed by atoms with van der Waals surface area (Å²) in [4.78, 5) is 0. The van der Waals surface area contributed by atoms with E-state index in [4.69, 9.17) is 17.0 Å². The van der Waals surface area contributed by atoms with Gasteiger partial charge in [0.2, 0.25) is 0 Å². The summed E-state index contributed by atoms with van der Waals surface area (Å²) in [5, 5.41) is 0. The molecule has 1 spiro atoms. The van der Waals surface area contributed by atoms with Gasteiger partial charge in [-0.1, -0.05) is 66.5 Å². The number of rotatable bonds is 0. The van der Waals surface area contributed by atoms with Crippen molar-refractivity contribution >= 4 is 25.1 Å². The third-order valence-corrected chi connectivity index (χ3v) is 12.2. The maximum absolute atomic E-state index is 4.93. The first kappa shape index (κ1) is 24.3. The van der Waals surface area contributed by atoms with Crippen molar-refractivity contribution in [3.63, 3.8) is 0 Å². The summed E-state index contributed by atoms with van der Waals surface area (Å²) < 4.78 is 0. The molecule has 28 heavy (non-hydrogen) atoms. The second kappa shape index (κ2) is 9.27. The second-order valence-corrected chi connectivity index (χ2v) is 18.7. The third-order valence-electron chi connectivity index (χ3n) is 6.81. The Kier molecular flexibility index (Phi) is 8.06. The Morgan fingerprint density at radius 2 is 1.07 bits per heavy atom. The van der Waals surface area contributed by atoms with Gasteiger partial charge in [-0.15, -0.1) is 0 Å². The fraction of sp³-hybridized carbons (Fsp3) is 0.583. The van der Waals surface area contributed by atoms with Crippen molar-refractivity contribution in [2.24, 2.45) is 10.8 Å². The van der Waals surface area contributed by atoms with Crippen LogP contribution >= 0.6 is 17.0 Å². The topological polar surface area (TPSA) is 0 Å². The molecule has 4 rings (SSSR count).